The molecule has 10 nitrogen and oxygen atoms in total. The van der Waals surface area contributed by atoms with Crippen LogP contribution >= 0.6 is 0 Å². The molecule has 0 atom stereocenters. The zero-order valence-electron chi connectivity index (χ0n) is 19.1. The number of ether oxygens (including phenoxy) is 2. The fourth-order valence-electron chi connectivity index (χ4n) is 2.98. The number of esters is 2. The maximum atomic E-state index is 12.7. The van der Waals surface area contributed by atoms with Crippen molar-refractivity contribution in [2.24, 2.45) is 10.8 Å². The zero-order valence-corrected chi connectivity index (χ0v) is 19.1. The van der Waals surface area contributed by atoms with E-state index in [1.807, 2.05) is 0 Å². The standard InChI is InChI=1S/C21H32N4O6/c1-19(2,3)16(27)30-11-21(12-31-17(28)20(4,5)6)9-7-15(26)25(21)13-24-10-8-14(22)23-18(24)29/h8,10H,7,9,11-13H2,1-6H3,(H2,22,23,29). The molecule has 0 saturated carbocycles. The molecular weight excluding hydrogens is 404 g/mol. The lowest BCUT2D eigenvalue weighted by atomic mass is 9.95. The summed E-state index contributed by atoms with van der Waals surface area (Å²) < 4.78 is 12.3. The highest BCUT2D eigenvalue weighted by Crippen LogP contribution is 2.33. The van der Waals surface area contributed by atoms with Gasteiger partial charge in [-0.15, -0.1) is 0 Å². The zero-order chi connectivity index (χ0) is 23.6. The monoisotopic (exact) mass is 436 g/mol. The van der Waals surface area contributed by atoms with Gasteiger partial charge in [0.1, 0.15) is 31.2 Å². The highest BCUT2D eigenvalue weighted by atomic mass is 16.6. The fraction of sp³-hybridized carbons (Fsp3) is 0.667. The van der Waals surface area contributed by atoms with Gasteiger partial charge < -0.3 is 20.1 Å². The minimum absolute atomic E-state index is 0.0680. The molecule has 31 heavy (non-hydrogen) atoms. The summed E-state index contributed by atoms with van der Waals surface area (Å²) in [7, 11) is 0. The summed E-state index contributed by atoms with van der Waals surface area (Å²) in [6.45, 7) is 9.87. The summed E-state index contributed by atoms with van der Waals surface area (Å²) in [5.41, 5.74) is 2.34. The van der Waals surface area contributed by atoms with Gasteiger partial charge in [0, 0.05) is 12.6 Å². The van der Waals surface area contributed by atoms with Crippen LogP contribution in [0.3, 0.4) is 0 Å². The van der Waals surface area contributed by atoms with Crippen LogP contribution in [0, 0.1) is 10.8 Å². The predicted octanol–water partition coefficient (Wildman–Crippen LogP) is 1.32. The van der Waals surface area contributed by atoms with Crippen molar-refractivity contribution in [2.45, 2.75) is 66.6 Å². The van der Waals surface area contributed by atoms with Gasteiger partial charge in [0.25, 0.3) is 0 Å². The van der Waals surface area contributed by atoms with Crippen molar-refractivity contribution in [1.29, 1.82) is 0 Å². The topological polar surface area (TPSA) is 134 Å². The molecule has 0 aromatic carbocycles. The van der Waals surface area contributed by atoms with Crippen LogP contribution in [0.5, 0.6) is 0 Å². The molecule has 10 heteroatoms. The van der Waals surface area contributed by atoms with Crippen LogP contribution in [0.1, 0.15) is 54.4 Å². The van der Waals surface area contributed by atoms with Crippen LogP contribution in [-0.4, -0.2) is 51.0 Å². The van der Waals surface area contributed by atoms with E-state index in [0.717, 1.165) is 0 Å². The number of rotatable bonds is 6. The largest absolute Gasteiger partial charge is 0.463 e. The van der Waals surface area contributed by atoms with Crippen LogP contribution in [-0.2, 0) is 30.5 Å². The van der Waals surface area contributed by atoms with E-state index in [1.165, 1.54) is 21.7 Å². The molecule has 172 valence electrons. The number of amides is 1. The molecule has 2 N–H and O–H groups in total. The van der Waals surface area contributed by atoms with Crippen molar-refractivity contribution in [3.8, 4) is 0 Å². The highest BCUT2D eigenvalue weighted by molar-refractivity contribution is 5.80. The Bertz CT molecular complexity index is 880. The molecule has 0 spiro atoms. The van der Waals surface area contributed by atoms with Crippen LogP contribution in [0.15, 0.2) is 17.1 Å². The van der Waals surface area contributed by atoms with E-state index in [0.29, 0.717) is 6.42 Å². The van der Waals surface area contributed by atoms with Crippen molar-refractivity contribution in [3.63, 3.8) is 0 Å². The van der Waals surface area contributed by atoms with Crippen LogP contribution < -0.4 is 11.4 Å². The molecule has 0 unspecified atom stereocenters. The molecule has 1 fully saturated rings. The van der Waals surface area contributed by atoms with Gasteiger partial charge in [0.15, 0.2) is 0 Å². The van der Waals surface area contributed by atoms with Gasteiger partial charge in [0.2, 0.25) is 5.91 Å². The lowest BCUT2D eigenvalue weighted by Crippen LogP contribution is -2.55. The summed E-state index contributed by atoms with van der Waals surface area (Å²) >= 11 is 0. The van der Waals surface area contributed by atoms with E-state index in [-0.39, 0.29) is 38.0 Å². The first kappa shape index (κ1) is 24.4. The van der Waals surface area contributed by atoms with E-state index < -0.39 is 34.0 Å². The molecule has 1 saturated heterocycles. The van der Waals surface area contributed by atoms with Gasteiger partial charge in [-0.3, -0.25) is 19.0 Å². The van der Waals surface area contributed by atoms with Gasteiger partial charge in [-0.2, -0.15) is 4.98 Å². The molecule has 1 amide bonds. The van der Waals surface area contributed by atoms with E-state index in [2.05, 4.69) is 4.98 Å². The van der Waals surface area contributed by atoms with Gasteiger partial charge in [-0.05, 0) is 54.0 Å². The summed E-state index contributed by atoms with van der Waals surface area (Å²) in [5.74, 6) is -1.07. The number of likely N-dealkylation sites (tertiary alicyclic amines) is 1. The van der Waals surface area contributed by atoms with Crippen molar-refractivity contribution >= 4 is 23.7 Å². The Balaban J connectivity index is 2.35. The number of hydrogen-bond donors (Lipinski definition) is 1. The normalized spacial score (nSPS) is 16.3. The van der Waals surface area contributed by atoms with E-state index in [1.54, 1.807) is 41.5 Å². The van der Waals surface area contributed by atoms with Gasteiger partial charge in [-0.1, -0.05) is 0 Å². The average molecular weight is 437 g/mol. The number of aromatic nitrogens is 2. The summed E-state index contributed by atoms with van der Waals surface area (Å²) in [5, 5.41) is 0. The first-order valence-electron chi connectivity index (χ1n) is 10.1. The fourth-order valence-corrected chi connectivity index (χ4v) is 2.98. The number of anilines is 1. The molecule has 2 heterocycles. The SMILES string of the molecule is CC(C)(C)C(=O)OCC1(COC(=O)C(C)(C)C)CCC(=O)N1Cn1ccc(N)nc1=O. The third-order valence-corrected chi connectivity index (χ3v) is 5.04. The molecule has 2 rings (SSSR count). The molecule has 0 aliphatic carbocycles. The van der Waals surface area contributed by atoms with Gasteiger partial charge in [0.05, 0.1) is 10.8 Å². The second-order valence-electron chi connectivity index (χ2n) is 9.94. The first-order valence-corrected chi connectivity index (χ1v) is 10.1. The molecular formula is C21H32N4O6. The lowest BCUT2D eigenvalue weighted by molar-refractivity contribution is -0.168. The molecule has 1 aromatic rings. The predicted molar refractivity (Wildman–Crippen MR) is 113 cm³/mol. The van der Waals surface area contributed by atoms with Gasteiger partial charge >= 0.3 is 17.6 Å². The quantitative estimate of drug-likeness (QED) is 0.660. The van der Waals surface area contributed by atoms with Crippen molar-refractivity contribution in [3.05, 3.63) is 22.7 Å². The third kappa shape index (κ3) is 5.83. The maximum Gasteiger partial charge on any atom is 0.350 e. The highest BCUT2D eigenvalue weighted by Gasteiger charge is 2.48. The Morgan fingerprint density at radius 2 is 1.58 bits per heavy atom. The Hall–Kier alpha value is -2.91. The second-order valence-corrected chi connectivity index (χ2v) is 9.94. The number of nitrogens with two attached hydrogens (primary N) is 1. The maximum absolute atomic E-state index is 12.7. The summed E-state index contributed by atoms with van der Waals surface area (Å²) in [6, 6.07) is 1.45. The number of carbonyl (C=O) groups excluding carboxylic acids is 3. The van der Waals surface area contributed by atoms with E-state index >= 15 is 0 Å². The van der Waals surface area contributed by atoms with Crippen molar-refractivity contribution in [1.82, 2.24) is 14.5 Å². The number of nitrogens with zero attached hydrogens (tertiary/aromatic N) is 3. The lowest BCUT2D eigenvalue weighted by Gasteiger charge is -2.38. The Kier molecular flexibility index (Phi) is 6.82. The molecule has 0 bridgehead atoms. The third-order valence-electron chi connectivity index (χ3n) is 5.04. The minimum Gasteiger partial charge on any atom is -0.463 e. The van der Waals surface area contributed by atoms with E-state index in [9.17, 15) is 19.2 Å². The molecule has 0 radical (unpaired) electrons. The van der Waals surface area contributed by atoms with Crippen molar-refractivity contribution in [2.75, 3.05) is 18.9 Å². The summed E-state index contributed by atoms with van der Waals surface area (Å²) in [4.78, 5) is 54.8. The Morgan fingerprint density at radius 1 is 1.06 bits per heavy atom. The number of carbonyl (C=O) groups is 3. The van der Waals surface area contributed by atoms with Gasteiger partial charge in [-0.25, -0.2) is 4.79 Å². The van der Waals surface area contributed by atoms with Crippen LogP contribution in [0.25, 0.3) is 0 Å². The number of hydrogen-bond acceptors (Lipinski definition) is 8. The Labute approximate surface area is 181 Å². The summed E-state index contributed by atoms with van der Waals surface area (Å²) in [6.07, 6.45) is 1.90. The second kappa shape index (κ2) is 8.68. The van der Waals surface area contributed by atoms with Crippen molar-refractivity contribution < 1.29 is 23.9 Å². The average Bonchev–Trinajstić information content (AvgIpc) is 2.94. The van der Waals surface area contributed by atoms with E-state index in [4.69, 9.17) is 15.2 Å². The molecule has 1 aliphatic heterocycles. The Morgan fingerprint density at radius 3 is 2.03 bits per heavy atom. The molecule has 1 aliphatic rings. The minimum atomic E-state index is -1.10. The number of nitrogen functional groups attached to an aromatic ring is 1. The molecule has 1 aromatic heterocycles. The van der Waals surface area contributed by atoms with Crippen LogP contribution in [0.2, 0.25) is 0 Å². The van der Waals surface area contributed by atoms with Crippen LogP contribution in [0.4, 0.5) is 5.82 Å². The smallest absolute Gasteiger partial charge is 0.350 e. The first-order chi connectivity index (χ1) is 14.2.